The first kappa shape index (κ1) is 15.6. The lowest BCUT2D eigenvalue weighted by molar-refractivity contribution is 0.164. The second-order valence-corrected chi connectivity index (χ2v) is 5.18. The maximum Gasteiger partial charge on any atom is 0.214 e. The molecule has 0 saturated heterocycles. The first-order valence-corrected chi connectivity index (χ1v) is 7.56. The summed E-state index contributed by atoms with van der Waals surface area (Å²) in [7, 11) is 0. The van der Waals surface area contributed by atoms with Gasteiger partial charge in [-0.05, 0) is 48.2 Å². The minimum absolute atomic E-state index is 0.601. The van der Waals surface area contributed by atoms with E-state index in [0.717, 1.165) is 11.1 Å². The Morgan fingerprint density at radius 3 is 1.58 bits per heavy atom. The smallest absolute Gasteiger partial charge is 0.214 e. The fourth-order valence-corrected chi connectivity index (χ4v) is 2.14. The van der Waals surface area contributed by atoms with Gasteiger partial charge in [0, 0.05) is 29.1 Å². The summed E-state index contributed by atoms with van der Waals surface area (Å²) in [5.74, 6) is 11.8. The van der Waals surface area contributed by atoms with Gasteiger partial charge in [-0.3, -0.25) is 4.98 Å². The molecule has 1 heterocycles. The van der Waals surface area contributed by atoms with Crippen LogP contribution in [0.2, 0.25) is 0 Å². The Labute approximate surface area is 141 Å². The van der Waals surface area contributed by atoms with Gasteiger partial charge >= 0.3 is 0 Å². The molecule has 2 aromatic carbocycles. The lowest BCUT2D eigenvalue weighted by Crippen LogP contribution is -2.21. The van der Waals surface area contributed by atoms with Crippen LogP contribution in [0.25, 0.3) is 0 Å². The predicted octanol–water partition coefficient (Wildman–Crippen LogP) is 3.37. The van der Waals surface area contributed by atoms with E-state index in [0.29, 0.717) is 5.56 Å². The van der Waals surface area contributed by atoms with Crippen molar-refractivity contribution in [1.29, 1.82) is 0 Å². The van der Waals surface area contributed by atoms with Gasteiger partial charge in [0.25, 0.3) is 0 Å². The molecule has 3 aromatic rings. The van der Waals surface area contributed by atoms with Crippen LogP contribution in [0.1, 0.15) is 16.7 Å². The van der Waals surface area contributed by atoms with Crippen molar-refractivity contribution in [3.8, 4) is 23.7 Å². The Kier molecular flexibility index (Phi) is 4.73. The van der Waals surface area contributed by atoms with Gasteiger partial charge in [0.15, 0.2) is 0 Å². The molecule has 0 fully saturated rings. The van der Waals surface area contributed by atoms with Crippen LogP contribution in [0.15, 0.2) is 85.2 Å². The second kappa shape index (κ2) is 7.29. The van der Waals surface area contributed by atoms with Gasteiger partial charge in [0.1, 0.15) is 0 Å². The summed E-state index contributed by atoms with van der Waals surface area (Å²) in [4.78, 5) is 3.99. The molecule has 0 saturated carbocycles. The number of aromatic nitrogens is 1. The first-order chi connectivity index (χ1) is 11.8. The topological polar surface area (TPSA) is 33.1 Å². The van der Waals surface area contributed by atoms with Crippen molar-refractivity contribution in [2.75, 3.05) is 0 Å². The molecule has 1 N–H and O–H groups in total. The van der Waals surface area contributed by atoms with Crippen molar-refractivity contribution in [2.24, 2.45) is 0 Å². The van der Waals surface area contributed by atoms with Gasteiger partial charge in [-0.2, -0.15) is 0 Å². The molecular formula is C22H15NO. The number of rotatable bonds is 1. The van der Waals surface area contributed by atoms with E-state index in [-0.39, 0.29) is 0 Å². The zero-order valence-corrected chi connectivity index (χ0v) is 13.0. The fourth-order valence-electron chi connectivity index (χ4n) is 2.14. The highest BCUT2D eigenvalue weighted by Gasteiger charge is 2.24. The third kappa shape index (κ3) is 3.90. The van der Waals surface area contributed by atoms with Crippen LogP contribution < -0.4 is 0 Å². The molecule has 0 aliphatic carbocycles. The molecule has 0 spiro atoms. The quantitative estimate of drug-likeness (QED) is 0.699. The van der Waals surface area contributed by atoms with E-state index < -0.39 is 5.60 Å². The highest BCUT2D eigenvalue weighted by atomic mass is 16.3. The lowest BCUT2D eigenvalue weighted by atomic mass is 9.95. The molecule has 114 valence electrons. The molecule has 3 rings (SSSR count). The lowest BCUT2D eigenvalue weighted by Gasteiger charge is -2.15. The summed E-state index contributed by atoms with van der Waals surface area (Å²) in [5.41, 5.74) is 0.691. The maximum atomic E-state index is 11.0. The van der Waals surface area contributed by atoms with Crippen molar-refractivity contribution in [1.82, 2.24) is 4.98 Å². The maximum absolute atomic E-state index is 11.0. The third-order valence-electron chi connectivity index (χ3n) is 3.42. The second-order valence-electron chi connectivity index (χ2n) is 5.18. The molecule has 0 aliphatic heterocycles. The molecule has 2 heteroatoms. The molecule has 2 nitrogen and oxygen atoms in total. The van der Waals surface area contributed by atoms with Crippen molar-refractivity contribution in [3.05, 3.63) is 102 Å². The van der Waals surface area contributed by atoms with E-state index in [9.17, 15) is 5.11 Å². The van der Waals surface area contributed by atoms with E-state index in [4.69, 9.17) is 0 Å². The number of pyridine rings is 1. The number of aliphatic hydroxyl groups is 1. The van der Waals surface area contributed by atoms with E-state index in [1.54, 1.807) is 24.5 Å². The molecule has 0 aliphatic rings. The molecule has 24 heavy (non-hydrogen) atoms. The zero-order valence-electron chi connectivity index (χ0n) is 13.0. The van der Waals surface area contributed by atoms with Gasteiger partial charge in [0.2, 0.25) is 5.60 Å². The molecule has 0 bridgehead atoms. The summed E-state index contributed by atoms with van der Waals surface area (Å²) < 4.78 is 0. The van der Waals surface area contributed by atoms with Crippen LogP contribution in [-0.4, -0.2) is 10.1 Å². The summed E-state index contributed by atoms with van der Waals surface area (Å²) in [6.07, 6.45) is 3.24. The van der Waals surface area contributed by atoms with E-state index in [1.165, 1.54) is 0 Å². The Balaban J connectivity index is 2.03. The van der Waals surface area contributed by atoms with E-state index >= 15 is 0 Å². The van der Waals surface area contributed by atoms with Crippen LogP contribution in [0, 0.1) is 23.7 Å². The standard InChI is InChI=1S/C22H15NO/c24-22(21-13-17-23-18-14-21,15-11-19-7-3-1-4-8-19)16-12-20-9-5-2-6-10-20/h1-10,13-14,17-18,24H. The van der Waals surface area contributed by atoms with Crippen LogP contribution in [0.5, 0.6) is 0 Å². The molecule has 0 radical (unpaired) electrons. The normalized spacial score (nSPS) is 10.0. The Hall–Kier alpha value is -3.33. The molecule has 0 unspecified atom stereocenters. The van der Waals surface area contributed by atoms with Gasteiger partial charge in [-0.25, -0.2) is 0 Å². The average Bonchev–Trinajstić information content (AvgIpc) is 2.67. The average molecular weight is 309 g/mol. The predicted molar refractivity (Wildman–Crippen MR) is 94.8 cm³/mol. The molecule has 1 aromatic heterocycles. The number of hydrogen-bond acceptors (Lipinski definition) is 2. The van der Waals surface area contributed by atoms with Crippen LogP contribution in [0.4, 0.5) is 0 Å². The van der Waals surface area contributed by atoms with Gasteiger partial charge in [-0.1, -0.05) is 48.2 Å². The number of benzene rings is 2. The van der Waals surface area contributed by atoms with Crippen LogP contribution in [0.3, 0.4) is 0 Å². The van der Waals surface area contributed by atoms with Crippen molar-refractivity contribution in [3.63, 3.8) is 0 Å². The molecular weight excluding hydrogens is 294 g/mol. The minimum atomic E-state index is -1.56. The minimum Gasteiger partial charge on any atom is -0.363 e. The van der Waals surface area contributed by atoms with Crippen molar-refractivity contribution >= 4 is 0 Å². The van der Waals surface area contributed by atoms with Gasteiger partial charge in [-0.15, -0.1) is 0 Å². The zero-order chi connectivity index (χ0) is 16.7. The monoisotopic (exact) mass is 309 g/mol. The van der Waals surface area contributed by atoms with E-state index in [1.807, 2.05) is 60.7 Å². The summed E-state index contributed by atoms with van der Waals surface area (Å²) in [6, 6.07) is 22.5. The van der Waals surface area contributed by atoms with Crippen LogP contribution in [-0.2, 0) is 5.60 Å². The van der Waals surface area contributed by atoms with Gasteiger partial charge < -0.3 is 5.11 Å². The summed E-state index contributed by atoms with van der Waals surface area (Å²) in [5, 5.41) is 11.0. The Morgan fingerprint density at radius 2 is 1.12 bits per heavy atom. The summed E-state index contributed by atoms with van der Waals surface area (Å²) >= 11 is 0. The first-order valence-electron chi connectivity index (χ1n) is 7.56. The third-order valence-corrected chi connectivity index (χ3v) is 3.42. The Morgan fingerprint density at radius 1 is 0.667 bits per heavy atom. The Bertz CT molecular complexity index is 853. The molecule has 0 amide bonds. The largest absolute Gasteiger partial charge is 0.363 e. The SMILES string of the molecule is OC(C#Cc1ccccc1)(C#Cc1ccccc1)c1ccncc1. The molecule has 0 atom stereocenters. The van der Waals surface area contributed by atoms with E-state index in [2.05, 4.69) is 28.7 Å². The highest BCUT2D eigenvalue weighted by Crippen LogP contribution is 2.19. The summed E-state index contributed by atoms with van der Waals surface area (Å²) in [6.45, 7) is 0. The fraction of sp³-hybridized carbons (Fsp3) is 0.0455. The van der Waals surface area contributed by atoms with Crippen LogP contribution >= 0.6 is 0 Å². The number of nitrogens with zero attached hydrogens (tertiary/aromatic N) is 1. The number of hydrogen-bond donors (Lipinski definition) is 1. The van der Waals surface area contributed by atoms with Crippen molar-refractivity contribution in [2.45, 2.75) is 5.60 Å². The van der Waals surface area contributed by atoms with Gasteiger partial charge in [0.05, 0.1) is 0 Å². The van der Waals surface area contributed by atoms with Crippen molar-refractivity contribution < 1.29 is 5.11 Å². The highest BCUT2D eigenvalue weighted by molar-refractivity contribution is 5.47.